The molecule has 1 heterocycles. The number of rotatable bonds is 3. The molecule has 0 aromatic heterocycles. The van der Waals surface area contributed by atoms with Crippen LogP contribution in [0.2, 0.25) is 0 Å². The van der Waals surface area contributed by atoms with Crippen molar-refractivity contribution in [3.63, 3.8) is 0 Å². The fourth-order valence-corrected chi connectivity index (χ4v) is 4.06. The van der Waals surface area contributed by atoms with Crippen molar-refractivity contribution in [3.8, 4) is 0 Å². The highest BCUT2D eigenvalue weighted by Crippen LogP contribution is 2.52. The number of Topliss-reactive ketones (excluding diaryl/α,β-unsaturated/α-hetero) is 1. The molecule has 2 heteroatoms. The maximum absolute atomic E-state index is 12.7. The number of likely N-dealkylation sites (tertiary alicyclic amines) is 1. The first kappa shape index (κ1) is 14.3. The Labute approximate surface area is 137 Å². The highest BCUT2D eigenvalue weighted by Gasteiger charge is 2.48. The van der Waals surface area contributed by atoms with Gasteiger partial charge >= 0.3 is 0 Å². The molecule has 2 aromatic carbocycles. The number of carbonyl (C=O) groups is 1. The molecule has 1 saturated heterocycles. The normalized spacial score (nSPS) is 23.5. The summed E-state index contributed by atoms with van der Waals surface area (Å²) in [4.78, 5) is 15.1. The van der Waals surface area contributed by atoms with Gasteiger partial charge in [-0.1, -0.05) is 67.6 Å². The van der Waals surface area contributed by atoms with E-state index in [4.69, 9.17) is 0 Å². The van der Waals surface area contributed by atoms with Gasteiger partial charge in [0.25, 0.3) is 0 Å². The van der Waals surface area contributed by atoms with E-state index in [2.05, 4.69) is 48.2 Å². The molecular weight excluding hydrogens is 282 g/mol. The molecule has 0 radical (unpaired) electrons. The van der Waals surface area contributed by atoms with Gasteiger partial charge in [0.1, 0.15) is 0 Å². The van der Waals surface area contributed by atoms with Gasteiger partial charge < -0.3 is 4.90 Å². The minimum Gasteiger partial charge on any atom is -0.369 e. The molecule has 1 atom stereocenters. The van der Waals surface area contributed by atoms with Crippen molar-refractivity contribution in [2.24, 2.45) is 5.41 Å². The molecule has 2 aromatic rings. The average molecular weight is 303 g/mol. The third kappa shape index (κ3) is 2.39. The average Bonchev–Trinajstić information content (AvgIpc) is 3.01. The molecule has 0 bridgehead atoms. The van der Waals surface area contributed by atoms with E-state index in [1.54, 1.807) is 0 Å². The van der Waals surface area contributed by atoms with Gasteiger partial charge in [0.2, 0.25) is 0 Å². The SMILES string of the molecule is CC12CCN(Cc3ccccc3)C1=C(c1ccccc1)C(=O)C2. The number of hydrogen-bond donors (Lipinski definition) is 0. The van der Waals surface area contributed by atoms with E-state index in [1.807, 2.05) is 24.3 Å². The Bertz CT molecular complexity index is 763. The zero-order valence-corrected chi connectivity index (χ0v) is 13.5. The summed E-state index contributed by atoms with van der Waals surface area (Å²) in [5.41, 5.74) is 4.59. The standard InChI is InChI=1S/C21H21NO/c1-21-12-13-22(15-16-8-4-2-5-9-16)20(21)19(18(23)14-21)17-10-6-3-7-11-17/h2-11H,12-15H2,1H3. The van der Waals surface area contributed by atoms with Crippen LogP contribution in [0.1, 0.15) is 30.9 Å². The van der Waals surface area contributed by atoms with Crippen LogP contribution < -0.4 is 0 Å². The number of benzene rings is 2. The van der Waals surface area contributed by atoms with Crippen LogP contribution in [0.15, 0.2) is 66.4 Å². The first-order valence-electron chi connectivity index (χ1n) is 8.30. The molecule has 0 spiro atoms. The Balaban J connectivity index is 1.78. The largest absolute Gasteiger partial charge is 0.369 e. The molecule has 0 amide bonds. The van der Waals surface area contributed by atoms with Crippen LogP contribution in [0.3, 0.4) is 0 Å². The molecule has 116 valence electrons. The Morgan fingerprint density at radius 3 is 2.35 bits per heavy atom. The summed E-state index contributed by atoms with van der Waals surface area (Å²) in [6.45, 7) is 4.17. The summed E-state index contributed by atoms with van der Waals surface area (Å²) < 4.78 is 0. The number of carbonyl (C=O) groups excluding carboxylic acids is 1. The van der Waals surface area contributed by atoms with Crippen LogP contribution in [0.5, 0.6) is 0 Å². The van der Waals surface area contributed by atoms with Gasteiger partial charge in [0.15, 0.2) is 5.78 Å². The number of nitrogens with zero attached hydrogens (tertiary/aromatic N) is 1. The lowest BCUT2D eigenvalue weighted by Crippen LogP contribution is -2.20. The van der Waals surface area contributed by atoms with Crippen molar-refractivity contribution in [1.82, 2.24) is 4.90 Å². The second-order valence-corrected chi connectivity index (χ2v) is 6.91. The summed E-state index contributed by atoms with van der Waals surface area (Å²) >= 11 is 0. The lowest BCUT2D eigenvalue weighted by atomic mass is 9.86. The third-order valence-electron chi connectivity index (χ3n) is 5.17. The number of fused-ring (bicyclic) bond motifs is 1. The fraction of sp³-hybridized carbons (Fsp3) is 0.286. The number of ketones is 1. The van der Waals surface area contributed by atoms with Crippen molar-refractivity contribution in [2.45, 2.75) is 26.3 Å². The Morgan fingerprint density at radius 2 is 1.65 bits per heavy atom. The number of hydrogen-bond acceptors (Lipinski definition) is 2. The Morgan fingerprint density at radius 1 is 1.00 bits per heavy atom. The summed E-state index contributed by atoms with van der Waals surface area (Å²) in [6.07, 6.45) is 1.72. The molecule has 1 aliphatic carbocycles. The molecule has 4 rings (SSSR count). The molecule has 2 aliphatic rings. The minimum absolute atomic E-state index is 0.0110. The third-order valence-corrected chi connectivity index (χ3v) is 5.17. The van der Waals surface area contributed by atoms with Crippen molar-refractivity contribution >= 4 is 11.4 Å². The highest BCUT2D eigenvalue weighted by atomic mass is 16.1. The first-order valence-corrected chi connectivity index (χ1v) is 8.30. The van der Waals surface area contributed by atoms with Gasteiger partial charge in [0, 0.05) is 36.2 Å². The van der Waals surface area contributed by atoms with E-state index in [0.29, 0.717) is 12.2 Å². The van der Waals surface area contributed by atoms with Gasteiger partial charge in [-0.3, -0.25) is 4.79 Å². The van der Waals surface area contributed by atoms with Crippen LogP contribution in [-0.2, 0) is 11.3 Å². The number of allylic oxidation sites excluding steroid dienone is 2. The summed E-state index contributed by atoms with van der Waals surface area (Å²) in [7, 11) is 0. The van der Waals surface area contributed by atoms with Gasteiger partial charge in [-0.05, 0) is 17.5 Å². The van der Waals surface area contributed by atoms with Gasteiger partial charge in [-0.2, -0.15) is 0 Å². The topological polar surface area (TPSA) is 20.3 Å². The fourth-order valence-electron chi connectivity index (χ4n) is 4.06. The van der Waals surface area contributed by atoms with Gasteiger partial charge in [-0.25, -0.2) is 0 Å². The van der Waals surface area contributed by atoms with E-state index in [1.165, 1.54) is 11.3 Å². The maximum atomic E-state index is 12.7. The molecule has 23 heavy (non-hydrogen) atoms. The van der Waals surface area contributed by atoms with Gasteiger partial charge in [-0.15, -0.1) is 0 Å². The molecule has 1 unspecified atom stereocenters. The van der Waals surface area contributed by atoms with Crippen molar-refractivity contribution in [2.75, 3.05) is 6.54 Å². The molecular formula is C21H21NO. The van der Waals surface area contributed by atoms with Crippen LogP contribution in [-0.4, -0.2) is 17.2 Å². The van der Waals surface area contributed by atoms with E-state index in [0.717, 1.165) is 30.6 Å². The second kappa shape index (κ2) is 5.38. The maximum Gasteiger partial charge on any atom is 0.166 e. The van der Waals surface area contributed by atoms with Gasteiger partial charge in [0.05, 0.1) is 0 Å². The quantitative estimate of drug-likeness (QED) is 0.843. The zero-order valence-electron chi connectivity index (χ0n) is 13.5. The van der Waals surface area contributed by atoms with Crippen molar-refractivity contribution in [1.29, 1.82) is 0 Å². The van der Waals surface area contributed by atoms with E-state index < -0.39 is 0 Å². The monoisotopic (exact) mass is 303 g/mol. The zero-order chi connectivity index (χ0) is 15.9. The van der Waals surface area contributed by atoms with E-state index in [-0.39, 0.29) is 5.41 Å². The van der Waals surface area contributed by atoms with Crippen LogP contribution >= 0.6 is 0 Å². The molecule has 1 fully saturated rings. The van der Waals surface area contributed by atoms with Crippen molar-refractivity contribution in [3.05, 3.63) is 77.5 Å². The molecule has 1 aliphatic heterocycles. The second-order valence-electron chi connectivity index (χ2n) is 6.91. The minimum atomic E-state index is 0.0110. The predicted octanol–water partition coefficient (Wildman–Crippen LogP) is 4.28. The smallest absolute Gasteiger partial charge is 0.166 e. The summed E-state index contributed by atoms with van der Waals surface area (Å²) in [5, 5.41) is 0. The summed E-state index contributed by atoms with van der Waals surface area (Å²) in [5.74, 6) is 0.298. The van der Waals surface area contributed by atoms with Crippen LogP contribution in [0, 0.1) is 5.41 Å². The van der Waals surface area contributed by atoms with E-state index >= 15 is 0 Å². The lowest BCUT2D eigenvalue weighted by Gasteiger charge is -2.25. The molecule has 0 saturated carbocycles. The molecule has 0 N–H and O–H groups in total. The highest BCUT2D eigenvalue weighted by molar-refractivity contribution is 6.24. The lowest BCUT2D eigenvalue weighted by molar-refractivity contribution is -0.114. The van der Waals surface area contributed by atoms with Crippen molar-refractivity contribution < 1.29 is 4.79 Å². The van der Waals surface area contributed by atoms with Crippen LogP contribution in [0.25, 0.3) is 5.57 Å². The first-order chi connectivity index (χ1) is 11.2. The Kier molecular flexibility index (Phi) is 3.33. The van der Waals surface area contributed by atoms with E-state index in [9.17, 15) is 4.79 Å². The Hall–Kier alpha value is -2.35. The molecule has 2 nitrogen and oxygen atoms in total. The predicted molar refractivity (Wildman–Crippen MR) is 92.6 cm³/mol. The van der Waals surface area contributed by atoms with Crippen LogP contribution in [0.4, 0.5) is 0 Å². The summed E-state index contributed by atoms with van der Waals surface area (Å²) in [6, 6.07) is 20.7.